The zero-order valence-corrected chi connectivity index (χ0v) is 10.7. The first-order valence-electron chi connectivity index (χ1n) is 6.09. The fraction of sp³-hybridized carbons (Fsp3) is 0.462. The number of aliphatic carboxylic acids is 1. The summed E-state index contributed by atoms with van der Waals surface area (Å²) in [6.07, 6.45) is 3.56. The molecule has 2 aromatic heterocycles. The van der Waals surface area contributed by atoms with Gasteiger partial charge in [-0.2, -0.15) is 0 Å². The van der Waals surface area contributed by atoms with E-state index in [-0.39, 0.29) is 6.42 Å². The lowest BCUT2D eigenvalue weighted by Crippen LogP contribution is -2.03. The highest BCUT2D eigenvalue weighted by atomic mass is 16.4. The molecule has 0 saturated heterocycles. The molecule has 2 aromatic rings. The van der Waals surface area contributed by atoms with Crippen molar-refractivity contribution in [3.05, 3.63) is 23.7 Å². The van der Waals surface area contributed by atoms with Crippen LogP contribution in [0.1, 0.15) is 30.7 Å². The van der Waals surface area contributed by atoms with Crippen molar-refractivity contribution in [3.8, 4) is 0 Å². The molecule has 2 rings (SSSR count). The van der Waals surface area contributed by atoms with Gasteiger partial charge in [0.05, 0.1) is 0 Å². The number of hydrogen-bond acceptors (Lipinski definition) is 3. The predicted octanol–water partition coefficient (Wildman–Crippen LogP) is 2.30. The Labute approximate surface area is 105 Å². The molecule has 2 heterocycles. The lowest BCUT2D eigenvalue weighted by atomic mass is 10.2. The van der Waals surface area contributed by atoms with Gasteiger partial charge in [0.2, 0.25) is 0 Å². The monoisotopic (exact) mass is 247 g/mol. The summed E-state index contributed by atoms with van der Waals surface area (Å²) in [6.45, 7) is 4.72. The maximum absolute atomic E-state index is 10.4. The highest BCUT2D eigenvalue weighted by molar-refractivity contribution is 5.72. The third-order valence-corrected chi connectivity index (χ3v) is 2.93. The number of imidazole rings is 1. The molecule has 0 saturated carbocycles. The third kappa shape index (κ3) is 2.67. The Kier molecular flexibility index (Phi) is 3.60. The lowest BCUT2D eigenvalue weighted by molar-refractivity contribution is -0.137. The molecule has 18 heavy (non-hydrogen) atoms. The molecule has 0 aliphatic carbocycles. The number of carboxylic acids is 1. The van der Waals surface area contributed by atoms with Crippen molar-refractivity contribution < 1.29 is 9.90 Å². The van der Waals surface area contributed by atoms with Gasteiger partial charge in [0, 0.05) is 19.2 Å². The molecule has 0 radical (unpaired) electrons. The van der Waals surface area contributed by atoms with Crippen LogP contribution in [-0.4, -0.2) is 25.6 Å². The summed E-state index contributed by atoms with van der Waals surface area (Å²) in [5, 5.41) is 8.60. The van der Waals surface area contributed by atoms with Crippen LogP contribution in [0.3, 0.4) is 0 Å². The molecule has 0 fully saturated rings. The van der Waals surface area contributed by atoms with Crippen LogP contribution in [0, 0.1) is 13.8 Å². The van der Waals surface area contributed by atoms with E-state index in [4.69, 9.17) is 5.11 Å². The quantitative estimate of drug-likeness (QED) is 0.823. The zero-order chi connectivity index (χ0) is 13.1. The van der Waals surface area contributed by atoms with Crippen molar-refractivity contribution in [1.29, 1.82) is 0 Å². The van der Waals surface area contributed by atoms with E-state index in [1.54, 1.807) is 0 Å². The molecule has 0 aromatic carbocycles. The summed E-state index contributed by atoms with van der Waals surface area (Å²) in [5.41, 5.74) is 2.89. The van der Waals surface area contributed by atoms with Gasteiger partial charge in [-0.05, 0) is 38.3 Å². The standard InChI is InChI=1S/C13H17N3O2/c1-9-7-11-13(14-8-9)16(10(2)15-11)6-4-3-5-12(17)18/h7-8H,3-6H2,1-2H3,(H,17,18). The van der Waals surface area contributed by atoms with Crippen molar-refractivity contribution in [3.63, 3.8) is 0 Å². The molecule has 5 nitrogen and oxygen atoms in total. The first-order chi connectivity index (χ1) is 8.58. The third-order valence-electron chi connectivity index (χ3n) is 2.93. The molecule has 0 bridgehead atoms. The first kappa shape index (κ1) is 12.5. The van der Waals surface area contributed by atoms with Gasteiger partial charge in [-0.1, -0.05) is 0 Å². The van der Waals surface area contributed by atoms with Crippen LogP contribution in [0.5, 0.6) is 0 Å². The van der Waals surface area contributed by atoms with Gasteiger partial charge in [0.25, 0.3) is 0 Å². The van der Waals surface area contributed by atoms with Gasteiger partial charge in [-0.15, -0.1) is 0 Å². The lowest BCUT2D eigenvalue weighted by Gasteiger charge is -2.05. The number of hydrogen-bond donors (Lipinski definition) is 1. The van der Waals surface area contributed by atoms with Crippen LogP contribution in [0.25, 0.3) is 11.2 Å². The van der Waals surface area contributed by atoms with Crippen molar-refractivity contribution in [2.24, 2.45) is 0 Å². The molecule has 1 N–H and O–H groups in total. The number of aryl methyl sites for hydroxylation is 3. The summed E-state index contributed by atoms with van der Waals surface area (Å²) in [6, 6.07) is 2.02. The van der Waals surface area contributed by atoms with Gasteiger partial charge >= 0.3 is 5.97 Å². The summed E-state index contributed by atoms with van der Waals surface area (Å²) < 4.78 is 2.05. The van der Waals surface area contributed by atoms with E-state index >= 15 is 0 Å². The summed E-state index contributed by atoms with van der Waals surface area (Å²) in [7, 11) is 0. The van der Waals surface area contributed by atoms with Crippen LogP contribution in [0.4, 0.5) is 0 Å². The van der Waals surface area contributed by atoms with E-state index in [9.17, 15) is 4.79 Å². The van der Waals surface area contributed by atoms with E-state index in [0.717, 1.165) is 35.5 Å². The van der Waals surface area contributed by atoms with Crippen LogP contribution in [0.15, 0.2) is 12.3 Å². The second-order valence-corrected chi connectivity index (χ2v) is 4.52. The van der Waals surface area contributed by atoms with E-state index < -0.39 is 5.97 Å². The summed E-state index contributed by atoms with van der Waals surface area (Å²) >= 11 is 0. The summed E-state index contributed by atoms with van der Waals surface area (Å²) in [4.78, 5) is 19.3. The van der Waals surface area contributed by atoms with E-state index in [2.05, 4.69) is 14.5 Å². The number of rotatable bonds is 5. The Morgan fingerprint density at radius 1 is 1.39 bits per heavy atom. The second-order valence-electron chi connectivity index (χ2n) is 4.52. The Morgan fingerprint density at radius 3 is 2.89 bits per heavy atom. The average molecular weight is 247 g/mol. The fourth-order valence-corrected chi connectivity index (χ4v) is 2.04. The number of carboxylic acid groups (broad SMARTS) is 1. The van der Waals surface area contributed by atoms with Gasteiger partial charge < -0.3 is 9.67 Å². The Balaban J connectivity index is 2.12. The van der Waals surface area contributed by atoms with Crippen LogP contribution in [0.2, 0.25) is 0 Å². The van der Waals surface area contributed by atoms with Gasteiger partial charge in [0.1, 0.15) is 11.3 Å². The minimum absolute atomic E-state index is 0.220. The number of fused-ring (bicyclic) bond motifs is 1. The SMILES string of the molecule is Cc1cnc2c(c1)nc(C)n2CCCCC(=O)O. The molecule has 0 aliphatic heterocycles. The number of unbranched alkanes of at least 4 members (excludes halogenated alkanes) is 1. The highest BCUT2D eigenvalue weighted by Gasteiger charge is 2.08. The predicted molar refractivity (Wildman–Crippen MR) is 68.5 cm³/mol. The van der Waals surface area contributed by atoms with Crippen molar-refractivity contribution in [2.75, 3.05) is 0 Å². The van der Waals surface area contributed by atoms with Crippen molar-refractivity contribution in [2.45, 2.75) is 39.7 Å². The smallest absolute Gasteiger partial charge is 0.303 e. The number of aromatic nitrogens is 3. The molecule has 0 atom stereocenters. The number of pyridine rings is 1. The van der Waals surface area contributed by atoms with Gasteiger partial charge in [0.15, 0.2) is 5.65 Å². The number of nitrogens with zero attached hydrogens (tertiary/aromatic N) is 3. The maximum Gasteiger partial charge on any atom is 0.303 e. The molecule has 0 unspecified atom stereocenters. The highest BCUT2D eigenvalue weighted by Crippen LogP contribution is 2.15. The van der Waals surface area contributed by atoms with Crippen LogP contribution >= 0.6 is 0 Å². The topological polar surface area (TPSA) is 68.0 Å². The van der Waals surface area contributed by atoms with E-state index in [1.165, 1.54) is 0 Å². The first-order valence-corrected chi connectivity index (χ1v) is 6.09. The second kappa shape index (κ2) is 5.16. The molecule has 5 heteroatoms. The molecule has 0 amide bonds. The van der Waals surface area contributed by atoms with Crippen LogP contribution < -0.4 is 0 Å². The molecule has 96 valence electrons. The molecule has 0 spiro atoms. The molecule has 0 aliphatic rings. The Bertz CT molecular complexity index is 575. The minimum Gasteiger partial charge on any atom is -0.481 e. The van der Waals surface area contributed by atoms with Gasteiger partial charge in [-0.25, -0.2) is 9.97 Å². The van der Waals surface area contributed by atoms with Gasteiger partial charge in [-0.3, -0.25) is 4.79 Å². The average Bonchev–Trinajstić information content (AvgIpc) is 2.59. The normalized spacial score (nSPS) is 11.0. The van der Waals surface area contributed by atoms with Crippen molar-refractivity contribution >= 4 is 17.1 Å². The van der Waals surface area contributed by atoms with Crippen molar-refractivity contribution in [1.82, 2.24) is 14.5 Å². The molecular weight excluding hydrogens is 230 g/mol. The molecular formula is C13H17N3O2. The minimum atomic E-state index is -0.740. The van der Waals surface area contributed by atoms with E-state index in [0.29, 0.717) is 6.42 Å². The Morgan fingerprint density at radius 2 is 2.17 bits per heavy atom. The maximum atomic E-state index is 10.4. The van der Waals surface area contributed by atoms with Crippen LogP contribution in [-0.2, 0) is 11.3 Å². The summed E-state index contributed by atoms with van der Waals surface area (Å²) in [5.74, 6) is 0.189. The Hall–Kier alpha value is -1.91. The fourth-order valence-electron chi connectivity index (χ4n) is 2.04. The number of carbonyl (C=O) groups is 1. The largest absolute Gasteiger partial charge is 0.481 e. The van der Waals surface area contributed by atoms with E-state index in [1.807, 2.05) is 26.1 Å². The zero-order valence-electron chi connectivity index (χ0n) is 10.7.